The molecule has 0 bridgehead atoms. The van der Waals surface area contributed by atoms with Crippen LogP contribution in [0.3, 0.4) is 0 Å². The van der Waals surface area contributed by atoms with Crippen molar-refractivity contribution in [1.82, 2.24) is 4.98 Å². The Morgan fingerprint density at radius 1 is 1.39 bits per heavy atom. The van der Waals surface area contributed by atoms with Crippen molar-refractivity contribution < 1.29 is 0 Å². The zero-order chi connectivity index (χ0) is 12.5. The summed E-state index contributed by atoms with van der Waals surface area (Å²) in [5.74, 6) is 0. The van der Waals surface area contributed by atoms with E-state index in [2.05, 4.69) is 35.0 Å². The second-order valence-corrected chi connectivity index (χ2v) is 4.97. The zero-order valence-electron chi connectivity index (χ0n) is 10.8. The molecule has 0 spiro atoms. The molecule has 3 rings (SSSR count). The van der Waals surface area contributed by atoms with Gasteiger partial charge >= 0.3 is 0 Å². The van der Waals surface area contributed by atoms with E-state index < -0.39 is 0 Å². The van der Waals surface area contributed by atoms with Crippen LogP contribution < -0.4 is 10.6 Å². The van der Waals surface area contributed by atoms with Crippen molar-refractivity contribution in [3.05, 3.63) is 30.5 Å². The second kappa shape index (κ2) is 4.48. The lowest BCUT2D eigenvalue weighted by molar-refractivity contribution is 0.646. The summed E-state index contributed by atoms with van der Waals surface area (Å²) >= 11 is 0. The highest BCUT2D eigenvalue weighted by Crippen LogP contribution is 2.35. The fraction of sp³-hybridized carbons (Fsp3) is 0.400. The molecule has 1 fully saturated rings. The standard InChI is InChI=1S/C15H19N3/c1-2-11-5-4-10-18(11)14-8-7-13-12(15(14)16)6-3-9-17-13/h3,6-9,11H,2,4-5,10,16H2,1H3. The van der Waals surface area contributed by atoms with E-state index in [0.717, 1.165) is 23.1 Å². The number of aromatic nitrogens is 1. The Morgan fingerprint density at radius 2 is 2.28 bits per heavy atom. The van der Waals surface area contributed by atoms with Crippen molar-refractivity contribution in [3.8, 4) is 0 Å². The van der Waals surface area contributed by atoms with Gasteiger partial charge in [0.15, 0.2) is 0 Å². The first-order chi connectivity index (χ1) is 8.81. The number of nitrogens with two attached hydrogens (primary N) is 1. The Kier molecular flexibility index (Phi) is 2.82. The molecule has 1 aliphatic rings. The van der Waals surface area contributed by atoms with Crippen molar-refractivity contribution in [3.63, 3.8) is 0 Å². The molecule has 2 aromatic rings. The highest BCUT2D eigenvalue weighted by Gasteiger charge is 2.24. The molecule has 0 aliphatic carbocycles. The smallest absolute Gasteiger partial charge is 0.0724 e. The summed E-state index contributed by atoms with van der Waals surface area (Å²) in [6.07, 6.45) is 5.54. The minimum atomic E-state index is 0.640. The topological polar surface area (TPSA) is 42.2 Å². The van der Waals surface area contributed by atoms with E-state index in [1.807, 2.05) is 12.3 Å². The molecule has 1 atom stereocenters. The number of fused-ring (bicyclic) bond motifs is 1. The van der Waals surface area contributed by atoms with Gasteiger partial charge in [0.05, 0.1) is 16.9 Å². The maximum absolute atomic E-state index is 6.33. The maximum atomic E-state index is 6.33. The number of benzene rings is 1. The SMILES string of the molecule is CCC1CCCN1c1ccc2ncccc2c1N. The fourth-order valence-corrected chi connectivity index (χ4v) is 2.99. The van der Waals surface area contributed by atoms with E-state index in [4.69, 9.17) is 5.73 Å². The van der Waals surface area contributed by atoms with Crippen molar-refractivity contribution >= 4 is 22.3 Å². The Hall–Kier alpha value is -1.77. The van der Waals surface area contributed by atoms with Gasteiger partial charge in [0.2, 0.25) is 0 Å². The highest BCUT2D eigenvalue weighted by atomic mass is 15.2. The van der Waals surface area contributed by atoms with Crippen molar-refractivity contribution in [2.24, 2.45) is 0 Å². The lowest BCUT2D eigenvalue weighted by Gasteiger charge is -2.27. The number of rotatable bonds is 2. The molecular weight excluding hydrogens is 222 g/mol. The molecular formula is C15H19N3. The van der Waals surface area contributed by atoms with E-state index in [0.29, 0.717) is 6.04 Å². The van der Waals surface area contributed by atoms with Gasteiger partial charge < -0.3 is 10.6 Å². The van der Waals surface area contributed by atoms with E-state index >= 15 is 0 Å². The Labute approximate surface area is 108 Å². The molecule has 1 saturated heterocycles. The van der Waals surface area contributed by atoms with Crippen LogP contribution in [0.5, 0.6) is 0 Å². The van der Waals surface area contributed by atoms with Crippen molar-refractivity contribution in [2.75, 3.05) is 17.2 Å². The lowest BCUT2D eigenvalue weighted by Crippen LogP contribution is -2.29. The van der Waals surface area contributed by atoms with Crippen LogP contribution in [-0.2, 0) is 0 Å². The molecule has 3 nitrogen and oxygen atoms in total. The highest BCUT2D eigenvalue weighted by molar-refractivity contribution is 5.97. The summed E-state index contributed by atoms with van der Waals surface area (Å²) in [5.41, 5.74) is 9.37. The monoisotopic (exact) mass is 241 g/mol. The van der Waals surface area contributed by atoms with Crippen LogP contribution in [0.25, 0.3) is 10.9 Å². The summed E-state index contributed by atoms with van der Waals surface area (Å²) in [5, 5.41) is 1.07. The molecule has 0 amide bonds. The summed E-state index contributed by atoms with van der Waals surface area (Å²) in [4.78, 5) is 6.81. The third-order valence-electron chi connectivity index (χ3n) is 3.96. The van der Waals surface area contributed by atoms with Gasteiger partial charge in [-0.15, -0.1) is 0 Å². The minimum absolute atomic E-state index is 0.640. The Balaban J connectivity index is 2.09. The van der Waals surface area contributed by atoms with Gasteiger partial charge in [-0.2, -0.15) is 0 Å². The van der Waals surface area contributed by atoms with Gasteiger partial charge in [-0.25, -0.2) is 0 Å². The molecule has 1 aromatic carbocycles. The van der Waals surface area contributed by atoms with E-state index in [9.17, 15) is 0 Å². The van der Waals surface area contributed by atoms with E-state index in [1.165, 1.54) is 24.9 Å². The molecule has 18 heavy (non-hydrogen) atoms. The van der Waals surface area contributed by atoms with Gasteiger partial charge in [0, 0.05) is 24.2 Å². The molecule has 0 saturated carbocycles. The first-order valence-electron chi connectivity index (χ1n) is 6.71. The molecule has 2 N–H and O–H groups in total. The van der Waals surface area contributed by atoms with Crippen LogP contribution in [0.15, 0.2) is 30.5 Å². The number of nitrogen functional groups attached to an aromatic ring is 1. The van der Waals surface area contributed by atoms with Crippen molar-refractivity contribution in [1.29, 1.82) is 0 Å². The van der Waals surface area contributed by atoms with Gasteiger partial charge in [-0.1, -0.05) is 6.92 Å². The van der Waals surface area contributed by atoms with Gasteiger partial charge in [-0.05, 0) is 43.5 Å². The van der Waals surface area contributed by atoms with Gasteiger partial charge in [-0.3, -0.25) is 4.98 Å². The van der Waals surface area contributed by atoms with Crippen LogP contribution in [0, 0.1) is 0 Å². The number of anilines is 2. The minimum Gasteiger partial charge on any atom is -0.396 e. The first-order valence-corrected chi connectivity index (χ1v) is 6.71. The maximum Gasteiger partial charge on any atom is 0.0724 e. The Morgan fingerprint density at radius 3 is 3.11 bits per heavy atom. The quantitative estimate of drug-likeness (QED) is 0.821. The largest absolute Gasteiger partial charge is 0.396 e. The summed E-state index contributed by atoms with van der Waals surface area (Å²) in [7, 11) is 0. The molecule has 1 unspecified atom stereocenters. The number of nitrogens with zero attached hydrogens (tertiary/aromatic N) is 2. The van der Waals surface area contributed by atoms with Crippen molar-refractivity contribution in [2.45, 2.75) is 32.2 Å². The summed E-state index contributed by atoms with van der Waals surface area (Å²) < 4.78 is 0. The average Bonchev–Trinajstić information content (AvgIpc) is 2.88. The van der Waals surface area contributed by atoms with E-state index in [-0.39, 0.29) is 0 Å². The third-order valence-corrected chi connectivity index (χ3v) is 3.96. The molecule has 0 radical (unpaired) electrons. The molecule has 94 valence electrons. The molecule has 2 heterocycles. The van der Waals surface area contributed by atoms with Gasteiger partial charge in [0.1, 0.15) is 0 Å². The van der Waals surface area contributed by atoms with Crippen LogP contribution in [0.1, 0.15) is 26.2 Å². The second-order valence-electron chi connectivity index (χ2n) is 4.97. The van der Waals surface area contributed by atoms with Gasteiger partial charge in [0.25, 0.3) is 0 Å². The summed E-state index contributed by atoms with van der Waals surface area (Å²) in [6.45, 7) is 3.37. The average molecular weight is 241 g/mol. The normalized spacial score (nSPS) is 19.6. The molecule has 1 aromatic heterocycles. The predicted molar refractivity (Wildman–Crippen MR) is 76.8 cm³/mol. The van der Waals surface area contributed by atoms with E-state index in [1.54, 1.807) is 0 Å². The zero-order valence-corrected chi connectivity index (χ0v) is 10.8. The number of hydrogen-bond donors (Lipinski definition) is 1. The lowest BCUT2D eigenvalue weighted by atomic mass is 10.1. The fourth-order valence-electron chi connectivity index (χ4n) is 2.99. The summed E-state index contributed by atoms with van der Waals surface area (Å²) in [6, 6.07) is 8.84. The third kappa shape index (κ3) is 1.70. The predicted octanol–water partition coefficient (Wildman–Crippen LogP) is 3.20. The van der Waals surface area contributed by atoms with Crippen LogP contribution in [-0.4, -0.2) is 17.6 Å². The Bertz CT molecular complexity index is 565. The molecule has 1 aliphatic heterocycles. The van der Waals surface area contributed by atoms with Crippen LogP contribution in [0.4, 0.5) is 11.4 Å². The van der Waals surface area contributed by atoms with Crippen LogP contribution >= 0.6 is 0 Å². The van der Waals surface area contributed by atoms with Crippen LogP contribution in [0.2, 0.25) is 0 Å². The number of hydrogen-bond acceptors (Lipinski definition) is 3. The number of pyridine rings is 1. The first kappa shape index (κ1) is 11.3. The molecule has 3 heteroatoms.